The largest absolute Gasteiger partial charge is 0.507 e. The minimum atomic E-state index is -0.329. The van der Waals surface area contributed by atoms with Crippen LogP contribution in [-0.2, 0) is 23.9 Å². The second kappa shape index (κ2) is 8.93. The molecule has 2 N–H and O–H groups in total. The number of nitrogens with zero attached hydrogens (tertiary/aromatic N) is 2. The average Bonchev–Trinajstić information content (AvgIpc) is 3.02. The van der Waals surface area contributed by atoms with Gasteiger partial charge in [-0.15, -0.1) is 0 Å². The van der Waals surface area contributed by atoms with Crippen LogP contribution in [0.5, 0.6) is 11.6 Å². The summed E-state index contributed by atoms with van der Waals surface area (Å²) < 4.78 is 8.82. The van der Waals surface area contributed by atoms with Crippen LogP contribution in [-0.4, -0.2) is 27.1 Å². The predicted molar refractivity (Wildman–Crippen MR) is 130 cm³/mol. The Kier molecular flexibility index (Phi) is 6.59. The highest BCUT2D eigenvalue weighted by molar-refractivity contribution is 5.96. The summed E-state index contributed by atoms with van der Waals surface area (Å²) in [5.74, 6) is 0.558. The molecule has 33 heavy (non-hydrogen) atoms. The van der Waals surface area contributed by atoms with Gasteiger partial charge in [0.1, 0.15) is 5.75 Å². The molecule has 0 aliphatic carbocycles. The number of hydrogen-bond donors (Lipinski definition) is 2. The van der Waals surface area contributed by atoms with E-state index < -0.39 is 0 Å². The van der Waals surface area contributed by atoms with Gasteiger partial charge in [0.05, 0.1) is 26.4 Å². The quantitative estimate of drug-likeness (QED) is 0.519. The Morgan fingerprint density at radius 2 is 1.55 bits per heavy atom. The fourth-order valence-electron chi connectivity index (χ4n) is 3.91. The smallest absolute Gasteiger partial charge is 0.213 e. The average molecular weight is 450 g/mol. The Morgan fingerprint density at radius 1 is 1.00 bits per heavy atom. The van der Waals surface area contributed by atoms with E-state index in [1.54, 1.807) is 34.6 Å². The molecule has 176 valence electrons. The summed E-state index contributed by atoms with van der Waals surface area (Å²) in [6.45, 7) is 12.6. The molecule has 1 heterocycles. The first-order valence-corrected chi connectivity index (χ1v) is 11.2. The van der Waals surface area contributed by atoms with E-state index in [0.717, 1.165) is 16.7 Å². The molecule has 2 aromatic carbocycles. The van der Waals surface area contributed by atoms with Crippen molar-refractivity contribution in [2.24, 2.45) is 0 Å². The van der Waals surface area contributed by atoms with Gasteiger partial charge in [-0.2, -0.15) is 0 Å². The molecule has 1 aromatic heterocycles. The van der Waals surface area contributed by atoms with Crippen molar-refractivity contribution in [2.75, 3.05) is 7.11 Å². The number of hydrogen-bond acceptors (Lipinski definition) is 4. The van der Waals surface area contributed by atoms with Crippen LogP contribution in [0.4, 0.5) is 0 Å². The zero-order valence-electron chi connectivity index (χ0n) is 20.7. The Labute approximate surface area is 196 Å². The highest BCUT2D eigenvalue weighted by Gasteiger charge is 2.28. The molecule has 0 aliphatic rings. The second-order valence-corrected chi connectivity index (χ2v) is 10.5. The van der Waals surface area contributed by atoms with Gasteiger partial charge in [-0.25, -0.2) is 0 Å². The topological polar surface area (TPSA) is 80.2 Å². The SMILES string of the molecule is COc1cn(Cc2ccccc2)c(=N)n1CC(=O)c1cc(C(C)(C)C)c(O)c(C(C)(C)C)c1. The number of phenolic OH excluding ortho intramolecular Hbond substituents is 1. The van der Waals surface area contributed by atoms with Crippen LogP contribution in [0.3, 0.4) is 0 Å². The maximum Gasteiger partial charge on any atom is 0.213 e. The number of Topliss-reactive ketones (excluding diaryl/α,β-unsaturated/α-hetero) is 1. The molecule has 0 radical (unpaired) electrons. The number of rotatable bonds is 6. The summed E-state index contributed by atoms with van der Waals surface area (Å²) in [5, 5.41) is 19.6. The number of ketones is 1. The van der Waals surface area contributed by atoms with E-state index in [2.05, 4.69) is 0 Å². The van der Waals surface area contributed by atoms with Gasteiger partial charge in [-0.1, -0.05) is 71.9 Å². The number of aromatic nitrogens is 2. The van der Waals surface area contributed by atoms with Crippen molar-refractivity contribution in [2.45, 2.75) is 65.5 Å². The lowest BCUT2D eigenvalue weighted by molar-refractivity contribution is 0.0966. The first-order valence-electron chi connectivity index (χ1n) is 11.2. The van der Waals surface area contributed by atoms with Crippen molar-refractivity contribution >= 4 is 5.78 Å². The van der Waals surface area contributed by atoms with Crippen molar-refractivity contribution in [3.05, 3.63) is 76.5 Å². The monoisotopic (exact) mass is 449 g/mol. The molecule has 0 unspecified atom stereocenters. The Bertz CT molecular complexity index is 1170. The molecule has 0 atom stereocenters. The van der Waals surface area contributed by atoms with Crippen LogP contribution in [0.1, 0.15) is 68.6 Å². The Hall–Kier alpha value is -3.28. The first-order chi connectivity index (χ1) is 15.3. The fourth-order valence-corrected chi connectivity index (χ4v) is 3.91. The number of phenols is 1. The van der Waals surface area contributed by atoms with E-state index in [1.165, 1.54) is 0 Å². The first kappa shape index (κ1) is 24.4. The van der Waals surface area contributed by atoms with Crippen LogP contribution in [0.15, 0.2) is 48.7 Å². The van der Waals surface area contributed by atoms with Gasteiger partial charge in [-0.05, 0) is 28.5 Å². The van der Waals surface area contributed by atoms with Crippen molar-refractivity contribution < 1.29 is 14.6 Å². The number of carbonyl (C=O) groups excluding carboxylic acids is 1. The number of benzene rings is 2. The molecule has 0 aliphatic heterocycles. The third-order valence-electron chi connectivity index (χ3n) is 5.81. The Balaban J connectivity index is 2.01. The zero-order chi connectivity index (χ0) is 24.6. The number of ether oxygens (including phenoxy) is 1. The number of aromatic hydroxyl groups is 1. The van der Waals surface area contributed by atoms with Gasteiger partial charge >= 0.3 is 0 Å². The van der Waals surface area contributed by atoms with Crippen molar-refractivity contribution in [3.8, 4) is 11.6 Å². The molecule has 3 rings (SSSR count). The van der Waals surface area contributed by atoms with E-state index in [0.29, 0.717) is 18.0 Å². The van der Waals surface area contributed by atoms with E-state index in [4.69, 9.17) is 10.1 Å². The molecule has 0 saturated heterocycles. The van der Waals surface area contributed by atoms with E-state index >= 15 is 0 Å². The number of imidazole rings is 1. The third kappa shape index (κ3) is 5.21. The van der Waals surface area contributed by atoms with Gasteiger partial charge in [0.2, 0.25) is 11.5 Å². The van der Waals surface area contributed by atoms with Crippen molar-refractivity contribution in [3.63, 3.8) is 0 Å². The Morgan fingerprint density at radius 3 is 2.03 bits per heavy atom. The van der Waals surface area contributed by atoms with Crippen LogP contribution >= 0.6 is 0 Å². The molecule has 6 heteroatoms. The molecule has 0 saturated carbocycles. The van der Waals surface area contributed by atoms with Crippen LogP contribution in [0.25, 0.3) is 0 Å². The lowest BCUT2D eigenvalue weighted by Gasteiger charge is -2.28. The van der Waals surface area contributed by atoms with E-state index in [1.807, 2.05) is 71.9 Å². The molecular weight excluding hydrogens is 414 g/mol. The van der Waals surface area contributed by atoms with Gasteiger partial charge in [-0.3, -0.25) is 14.8 Å². The lowest BCUT2D eigenvalue weighted by atomic mass is 9.78. The third-order valence-corrected chi connectivity index (χ3v) is 5.81. The maximum atomic E-state index is 13.4. The van der Waals surface area contributed by atoms with Gasteiger partial charge < -0.3 is 14.4 Å². The van der Waals surface area contributed by atoms with E-state index in [-0.39, 0.29) is 34.5 Å². The van der Waals surface area contributed by atoms with Crippen LogP contribution in [0.2, 0.25) is 0 Å². The van der Waals surface area contributed by atoms with Gasteiger partial charge in [0, 0.05) is 16.7 Å². The standard InChI is InChI=1S/C27H35N3O3/c1-26(2,3)20-13-19(14-21(24(20)32)27(4,5)6)22(31)16-30-23(33-7)17-29(25(30)28)15-18-11-9-8-10-12-18/h8-14,17,28,32H,15-16H2,1-7H3. The van der Waals surface area contributed by atoms with E-state index in [9.17, 15) is 9.90 Å². The van der Waals surface area contributed by atoms with Crippen molar-refractivity contribution in [1.82, 2.24) is 9.13 Å². The second-order valence-electron chi connectivity index (χ2n) is 10.5. The fraction of sp³-hybridized carbons (Fsp3) is 0.407. The summed E-state index contributed by atoms with van der Waals surface area (Å²) in [6, 6.07) is 13.4. The molecule has 0 amide bonds. The number of carbonyl (C=O) groups is 1. The summed E-state index contributed by atoms with van der Waals surface area (Å²) in [5.41, 5.74) is 2.59. The summed E-state index contributed by atoms with van der Waals surface area (Å²) in [7, 11) is 1.54. The highest BCUT2D eigenvalue weighted by atomic mass is 16.5. The van der Waals surface area contributed by atoms with Crippen LogP contribution < -0.4 is 10.4 Å². The number of methoxy groups -OCH3 is 1. The van der Waals surface area contributed by atoms with Crippen LogP contribution in [0, 0.1) is 5.41 Å². The summed E-state index contributed by atoms with van der Waals surface area (Å²) >= 11 is 0. The summed E-state index contributed by atoms with van der Waals surface area (Å²) in [4.78, 5) is 13.4. The molecule has 3 aromatic rings. The summed E-state index contributed by atoms with van der Waals surface area (Å²) in [6.07, 6.45) is 1.75. The highest BCUT2D eigenvalue weighted by Crippen LogP contribution is 2.40. The minimum absolute atomic E-state index is 0.0261. The minimum Gasteiger partial charge on any atom is -0.507 e. The zero-order valence-corrected chi connectivity index (χ0v) is 20.7. The number of nitrogens with one attached hydrogen (secondary N) is 1. The maximum absolute atomic E-state index is 13.4. The molecular formula is C27H35N3O3. The van der Waals surface area contributed by atoms with Gasteiger partial charge in [0.15, 0.2) is 5.78 Å². The normalized spacial score (nSPS) is 12.1. The molecule has 6 nitrogen and oxygen atoms in total. The van der Waals surface area contributed by atoms with Crippen molar-refractivity contribution in [1.29, 1.82) is 5.41 Å². The molecule has 0 spiro atoms. The predicted octanol–water partition coefficient (Wildman–Crippen LogP) is 5.01. The molecule has 0 fully saturated rings. The lowest BCUT2D eigenvalue weighted by Crippen LogP contribution is -2.28. The molecule has 0 bridgehead atoms. The van der Waals surface area contributed by atoms with Gasteiger partial charge in [0.25, 0.3) is 0 Å².